The van der Waals surface area contributed by atoms with E-state index in [1.165, 1.54) is 53.7 Å². The van der Waals surface area contributed by atoms with Crippen molar-refractivity contribution < 1.29 is 31.6 Å². The maximum absolute atomic E-state index is 13.9. The first-order valence-electron chi connectivity index (χ1n) is 12.3. The van der Waals surface area contributed by atoms with Gasteiger partial charge in [0.1, 0.15) is 23.3 Å². The van der Waals surface area contributed by atoms with Crippen molar-refractivity contribution >= 4 is 34.7 Å². The first kappa shape index (κ1) is 26.9. The molecule has 40 heavy (non-hydrogen) atoms. The SMILES string of the molecule is Nc1ccc(C=CC(=O)NCc2cc3cc(-c4ccc(C(=O)N5CCC(F)C5)cn4)cc(C(F)(F)F)c3o2)cn1. The molecule has 1 fully saturated rings. The molecule has 0 spiro atoms. The fraction of sp³-hybridized carbons (Fsp3) is 0.214. The Balaban J connectivity index is 1.35. The average Bonchev–Trinajstić information content (AvgIpc) is 3.56. The van der Waals surface area contributed by atoms with E-state index in [1.54, 1.807) is 12.1 Å². The topological polar surface area (TPSA) is 114 Å². The van der Waals surface area contributed by atoms with Crippen LogP contribution in [0.1, 0.15) is 33.7 Å². The Hall–Kier alpha value is -4.74. The van der Waals surface area contributed by atoms with Gasteiger partial charge >= 0.3 is 6.18 Å². The predicted octanol–water partition coefficient (Wildman–Crippen LogP) is 5.00. The summed E-state index contributed by atoms with van der Waals surface area (Å²) in [5, 5.41) is 2.74. The van der Waals surface area contributed by atoms with Gasteiger partial charge < -0.3 is 20.4 Å². The van der Waals surface area contributed by atoms with Crippen molar-refractivity contribution in [1.82, 2.24) is 20.2 Å². The van der Waals surface area contributed by atoms with E-state index in [0.29, 0.717) is 17.9 Å². The van der Waals surface area contributed by atoms with Crippen molar-refractivity contribution in [3.8, 4) is 11.3 Å². The van der Waals surface area contributed by atoms with Crippen LogP contribution in [0.3, 0.4) is 0 Å². The summed E-state index contributed by atoms with van der Waals surface area (Å²) in [6.45, 7) is 0.161. The van der Waals surface area contributed by atoms with Gasteiger partial charge in [0.2, 0.25) is 5.91 Å². The third-order valence-electron chi connectivity index (χ3n) is 6.37. The number of hydrogen-bond donors (Lipinski definition) is 2. The van der Waals surface area contributed by atoms with Gasteiger partial charge in [-0.1, -0.05) is 0 Å². The summed E-state index contributed by atoms with van der Waals surface area (Å²) >= 11 is 0. The number of alkyl halides is 4. The van der Waals surface area contributed by atoms with Gasteiger partial charge in [-0.25, -0.2) is 9.37 Å². The molecule has 1 aromatic carbocycles. The number of halogens is 4. The van der Waals surface area contributed by atoms with Crippen LogP contribution in [0.4, 0.5) is 23.4 Å². The lowest BCUT2D eigenvalue weighted by Crippen LogP contribution is -2.29. The molecular formula is C28H23F4N5O3. The minimum absolute atomic E-state index is 0.00577. The number of nitrogens with two attached hydrogens (primary N) is 1. The average molecular weight is 554 g/mol. The molecule has 4 heterocycles. The molecule has 0 aliphatic carbocycles. The molecule has 1 saturated heterocycles. The Morgan fingerprint density at radius 2 is 1.95 bits per heavy atom. The lowest BCUT2D eigenvalue weighted by molar-refractivity contribution is -0.136. The summed E-state index contributed by atoms with van der Waals surface area (Å²) < 4.78 is 60.8. The third kappa shape index (κ3) is 5.95. The molecule has 206 valence electrons. The van der Waals surface area contributed by atoms with Crippen LogP contribution in [-0.4, -0.2) is 45.9 Å². The number of nitrogens with zero attached hydrogens (tertiary/aromatic N) is 3. The monoisotopic (exact) mass is 553 g/mol. The summed E-state index contributed by atoms with van der Waals surface area (Å²) in [6, 6.07) is 10.00. The Labute approximate surface area is 225 Å². The number of hydrogen-bond acceptors (Lipinski definition) is 6. The molecular weight excluding hydrogens is 530 g/mol. The molecule has 4 aromatic rings. The van der Waals surface area contributed by atoms with Crippen molar-refractivity contribution in [3.05, 3.63) is 83.4 Å². The molecule has 0 saturated carbocycles. The van der Waals surface area contributed by atoms with E-state index < -0.39 is 23.8 Å². The quantitative estimate of drug-likeness (QED) is 0.257. The normalized spacial score (nSPS) is 15.7. The van der Waals surface area contributed by atoms with Gasteiger partial charge in [0.15, 0.2) is 0 Å². The third-order valence-corrected chi connectivity index (χ3v) is 6.37. The number of fused-ring (bicyclic) bond motifs is 1. The molecule has 5 rings (SSSR count). The van der Waals surface area contributed by atoms with Crippen LogP contribution in [0.5, 0.6) is 0 Å². The number of nitrogens with one attached hydrogen (secondary N) is 1. The van der Waals surface area contributed by atoms with Gasteiger partial charge in [0.25, 0.3) is 5.91 Å². The van der Waals surface area contributed by atoms with Crippen LogP contribution in [0.15, 0.2) is 65.4 Å². The standard InChI is InChI=1S/C28H23F4N5O3/c29-20-7-8-37(15-20)27(39)17-3-4-23(34-13-17)18-9-19-10-21(40-26(19)22(11-18)28(30,31)32)14-36-25(38)6-2-16-1-5-24(33)35-12-16/h1-6,9-13,20H,7-8,14-15H2,(H2,33,35)(H,36,38). The van der Waals surface area contributed by atoms with Crippen LogP contribution < -0.4 is 11.1 Å². The second kappa shape index (κ2) is 10.8. The number of rotatable bonds is 6. The fourth-order valence-corrected chi connectivity index (χ4v) is 4.35. The van der Waals surface area contributed by atoms with Crippen LogP contribution in [0.2, 0.25) is 0 Å². The Morgan fingerprint density at radius 1 is 1.12 bits per heavy atom. The Bertz CT molecular complexity index is 1580. The molecule has 1 atom stereocenters. The van der Waals surface area contributed by atoms with Crippen molar-refractivity contribution in [3.63, 3.8) is 0 Å². The van der Waals surface area contributed by atoms with Gasteiger partial charge in [-0.05, 0) is 60.5 Å². The number of pyridine rings is 2. The van der Waals surface area contributed by atoms with E-state index in [0.717, 1.165) is 6.07 Å². The molecule has 8 nitrogen and oxygen atoms in total. The van der Waals surface area contributed by atoms with E-state index in [1.807, 2.05) is 0 Å². The summed E-state index contributed by atoms with van der Waals surface area (Å²) in [6.07, 6.45) is 0.00944. The highest BCUT2D eigenvalue weighted by atomic mass is 19.4. The minimum atomic E-state index is -4.73. The number of furan rings is 1. The van der Waals surface area contributed by atoms with E-state index in [-0.39, 0.29) is 59.0 Å². The maximum Gasteiger partial charge on any atom is 0.420 e. The number of carbonyl (C=O) groups excluding carboxylic acids is 2. The number of aromatic nitrogens is 2. The van der Waals surface area contributed by atoms with E-state index in [4.69, 9.17) is 10.2 Å². The number of likely N-dealkylation sites (tertiary alicyclic amines) is 1. The molecule has 2 amide bonds. The number of benzene rings is 1. The van der Waals surface area contributed by atoms with Gasteiger partial charge in [0, 0.05) is 36.0 Å². The highest BCUT2D eigenvalue weighted by Gasteiger charge is 2.35. The van der Waals surface area contributed by atoms with Gasteiger partial charge in [-0.15, -0.1) is 0 Å². The zero-order valence-electron chi connectivity index (χ0n) is 20.9. The molecule has 1 unspecified atom stereocenters. The molecule has 1 aliphatic rings. The van der Waals surface area contributed by atoms with E-state index in [9.17, 15) is 27.2 Å². The first-order valence-corrected chi connectivity index (χ1v) is 12.3. The highest BCUT2D eigenvalue weighted by molar-refractivity contribution is 5.95. The van der Waals surface area contributed by atoms with Gasteiger partial charge in [-0.2, -0.15) is 13.2 Å². The predicted molar refractivity (Wildman–Crippen MR) is 139 cm³/mol. The second-order valence-corrected chi connectivity index (χ2v) is 9.29. The largest absolute Gasteiger partial charge is 0.459 e. The number of amides is 2. The molecule has 3 N–H and O–H groups in total. The number of nitrogen functional groups attached to an aromatic ring is 1. The molecule has 1 aliphatic heterocycles. The number of anilines is 1. The summed E-state index contributed by atoms with van der Waals surface area (Å²) in [4.78, 5) is 34.2. The molecule has 3 aromatic heterocycles. The zero-order chi connectivity index (χ0) is 28.4. The summed E-state index contributed by atoms with van der Waals surface area (Å²) in [5.74, 6) is -0.402. The van der Waals surface area contributed by atoms with E-state index >= 15 is 0 Å². The number of carbonyl (C=O) groups is 2. The van der Waals surface area contributed by atoms with Gasteiger partial charge in [0.05, 0.1) is 29.9 Å². The smallest absolute Gasteiger partial charge is 0.420 e. The van der Waals surface area contributed by atoms with Crippen molar-refractivity contribution in [2.75, 3.05) is 18.8 Å². The summed E-state index contributed by atoms with van der Waals surface area (Å²) in [5.41, 5.74) is 5.40. The minimum Gasteiger partial charge on any atom is -0.459 e. The fourth-order valence-electron chi connectivity index (χ4n) is 4.35. The first-order chi connectivity index (χ1) is 19.1. The second-order valence-electron chi connectivity index (χ2n) is 9.29. The van der Waals surface area contributed by atoms with Crippen LogP contribution in [-0.2, 0) is 17.5 Å². The molecule has 12 heteroatoms. The van der Waals surface area contributed by atoms with Gasteiger partial charge in [-0.3, -0.25) is 14.6 Å². The van der Waals surface area contributed by atoms with E-state index in [2.05, 4.69) is 15.3 Å². The highest BCUT2D eigenvalue weighted by Crippen LogP contribution is 2.39. The molecule has 0 bridgehead atoms. The lowest BCUT2D eigenvalue weighted by Gasteiger charge is -2.15. The van der Waals surface area contributed by atoms with Crippen molar-refractivity contribution in [1.29, 1.82) is 0 Å². The zero-order valence-corrected chi connectivity index (χ0v) is 20.9. The van der Waals surface area contributed by atoms with Crippen molar-refractivity contribution in [2.45, 2.75) is 25.3 Å². The molecule has 0 radical (unpaired) electrons. The van der Waals surface area contributed by atoms with Crippen LogP contribution in [0, 0.1) is 0 Å². The van der Waals surface area contributed by atoms with Crippen molar-refractivity contribution in [2.24, 2.45) is 0 Å². The summed E-state index contributed by atoms with van der Waals surface area (Å²) in [7, 11) is 0. The maximum atomic E-state index is 13.9. The lowest BCUT2D eigenvalue weighted by atomic mass is 10.0. The van der Waals surface area contributed by atoms with Crippen LogP contribution in [0.25, 0.3) is 28.3 Å². The Morgan fingerprint density at radius 3 is 2.60 bits per heavy atom. The Kier molecular flexibility index (Phi) is 7.24. The van der Waals surface area contributed by atoms with Crippen LogP contribution >= 0.6 is 0 Å².